The summed E-state index contributed by atoms with van der Waals surface area (Å²) in [5.41, 5.74) is 3.46. The third kappa shape index (κ3) is 3.44. The first kappa shape index (κ1) is 16.8. The highest BCUT2D eigenvalue weighted by atomic mass is 16.4. The fourth-order valence-corrected chi connectivity index (χ4v) is 2.82. The molecule has 1 heterocycles. The van der Waals surface area contributed by atoms with Crippen LogP contribution >= 0.6 is 0 Å². The highest BCUT2D eigenvalue weighted by molar-refractivity contribution is 5.97. The molecule has 5 heteroatoms. The van der Waals surface area contributed by atoms with E-state index in [1.807, 2.05) is 32.0 Å². The molecule has 122 valence electrons. The van der Waals surface area contributed by atoms with Crippen molar-refractivity contribution in [2.45, 2.75) is 39.8 Å². The zero-order valence-electron chi connectivity index (χ0n) is 13.8. The number of aliphatic carboxylic acids is 1. The van der Waals surface area contributed by atoms with Crippen LogP contribution in [-0.2, 0) is 4.79 Å². The van der Waals surface area contributed by atoms with Gasteiger partial charge in [0.1, 0.15) is 6.04 Å². The molecule has 1 aromatic carbocycles. The van der Waals surface area contributed by atoms with Gasteiger partial charge in [-0.05, 0) is 39.3 Å². The molecule has 0 spiro atoms. The first-order valence-corrected chi connectivity index (χ1v) is 7.60. The summed E-state index contributed by atoms with van der Waals surface area (Å²) in [5, 5.41) is 11.4. The highest BCUT2D eigenvalue weighted by Gasteiger charge is 2.22. The number of aryl methyl sites for hydroxylation is 1. The average Bonchev–Trinajstić information content (AvgIpc) is 2.82. The molecule has 0 bridgehead atoms. The minimum Gasteiger partial charge on any atom is -0.480 e. The fourth-order valence-electron chi connectivity index (χ4n) is 2.82. The summed E-state index contributed by atoms with van der Waals surface area (Å²) < 4.78 is 2.09. The summed E-state index contributed by atoms with van der Waals surface area (Å²) in [6, 6.07) is 11.0. The van der Waals surface area contributed by atoms with Crippen LogP contribution in [-0.4, -0.2) is 27.6 Å². The van der Waals surface area contributed by atoms with Crippen molar-refractivity contribution in [1.29, 1.82) is 0 Å². The largest absolute Gasteiger partial charge is 0.480 e. The molecule has 2 aromatic rings. The van der Waals surface area contributed by atoms with Gasteiger partial charge in [-0.25, -0.2) is 0 Å². The summed E-state index contributed by atoms with van der Waals surface area (Å²) in [6.45, 7) is 7.36. The summed E-state index contributed by atoms with van der Waals surface area (Å²) in [6.07, 6.45) is 0. The van der Waals surface area contributed by atoms with Gasteiger partial charge >= 0.3 is 5.97 Å². The van der Waals surface area contributed by atoms with E-state index in [-0.39, 0.29) is 11.9 Å². The number of carboxylic acids is 1. The zero-order chi connectivity index (χ0) is 17.1. The topological polar surface area (TPSA) is 71.3 Å². The smallest absolute Gasteiger partial charge is 0.325 e. The molecule has 2 atom stereocenters. The number of hydrogen-bond donors (Lipinski definition) is 2. The Morgan fingerprint density at radius 1 is 1.13 bits per heavy atom. The van der Waals surface area contributed by atoms with Crippen molar-refractivity contribution < 1.29 is 14.7 Å². The van der Waals surface area contributed by atoms with Crippen molar-refractivity contribution in [3.8, 4) is 0 Å². The van der Waals surface area contributed by atoms with Crippen molar-refractivity contribution in [1.82, 2.24) is 9.88 Å². The van der Waals surface area contributed by atoms with Crippen LogP contribution in [0.4, 0.5) is 0 Å². The number of aromatic nitrogens is 1. The van der Waals surface area contributed by atoms with E-state index in [0.717, 1.165) is 17.0 Å². The lowest BCUT2D eigenvalue weighted by atomic mass is 10.1. The molecule has 5 nitrogen and oxygen atoms in total. The Balaban J connectivity index is 2.33. The van der Waals surface area contributed by atoms with E-state index in [4.69, 9.17) is 5.11 Å². The van der Waals surface area contributed by atoms with Crippen LogP contribution in [0.1, 0.15) is 47.2 Å². The maximum atomic E-state index is 12.3. The van der Waals surface area contributed by atoms with Gasteiger partial charge in [0.2, 0.25) is 0 Å². The predicted molar refractivity (Wildman–Crippen MR) is 88.7 cm³/mol. The third-order valence-electron chi connectivity index (χ3n) is 4.12. The van der Waals surface area contributed by atoms with Crippen molar-refractivity contribution in [3.63, 3.8) is 0 Å². The van der Waals surface area contributed by atoms with Crippen molar-refractivity contribution >= 4 is 11.9 Å². The Bertz CT molecular complexity index is 719. The van der Waals surface area contributed by atoms with Crippen LogP contribution in [0.5, 0.6) is 0 Å². The summed E-state index contributed by atoms with van der Waals surface area (Å²) in [7, 11) is 0. The molecule has 0 saturated heterocycles. The number of benzene rings is 1. The lowest BCUT2D eigenvalue weighted by Gasteiger charge is -2.19. The van der Waals surface area contributed by atoms with Gasteiger partial charge in [0.15, 0.2) is 0 Å². The van der Waals surface area contributed by atoms with Gasteiger partial charge in [-0.2, -0.15) is 0 Å². The molecule has 23 heavy (non-hydrogen) atoms. The Labute approximate surface area is 135 Å². The van der Waals surface area contributed by atoms with Gasteiger partial charge in [-0.1, -0.05) is 30.3 Å². The second-order valence-corrected chi connectivity index (χ2v) is 5.77. The second-order valence-electron chi connectivity index (χ2n) is 5.77. The monoisotopic (exact) mass is 314 g/mol. The molecule has 0 fully saturated rings. The number of rotatable bonds is 5. The van der Waals surface area contributed by atoms with Crippen molar-refractivity contribution in [2.24, 2.45) is 0 Å². The van der Waals surface area contributed by atoms with Gasteiger partial charge in [-0.15, -0.1) is 0 Å². The van der Waals surface area contributed by atoms with Crippen LogP contribution in [0.15, 0.2) is 36.4 Å². The average molecular weight is 314 g/mol. The van der Waals surface area contributed by atoms with Crippen LogP contribution < -0.4 is 5.32 Å². The fraction of sp³-hybridized carbons (Fsp3) is 0.333. The molecule has 2 N–H and O–H groups in total. The van der Waals surface area contributed by atoms with E-state index in [1.54, 1.807) is 6.07 Å². The van der Waals surface area contributed by atoms with Crippen LogP contribution in [0, 0.1) is 13.8 Å². The predicted octanol–water partition coefficient (Wildman–Crippen LogP) is 2.92. The first-order valence-electron chi connectivity index (χ1n) is 7.60. The molecule has 1 aromatic heterocycles. The highest BCUT2D eigenvalue weighted by Crippen LogP contribution is 2.25. The molecule has 0 aliphatic heterocycles. The number of nitrogens with one attached hydrogen (secondary N) is 1. The number of carbonyl (C=O) groups excluding carboxylic acids is 1. The van der Waals surface area contributed by atoms with E-state index < -0.39 is 12.0 Å². The number of amides is 1. The molecule has 1 amide bonds. The minimum atomic E-state index is -1.05. The second kappa shape index (κ2) is 6.69. The SMILES string of the molecule is Cc1cc(C(=O)N[C@@H](C)C(=O)O)c(C)n1C(C)c1ccccc1. The molecule has 0 aliphatic rings. The van der Waals surface area contributed by atoms with Gasteiger partial charge in [0.05, 0.1) is 11.6 Å². The maximum absolute atomic E-state index is 12.3. The van der Waals surface area contributed by atoms with Crippen molar-refractivity contribution in [2.75, 3.05) is 0 Å². The lowest BCUT2D eigenvalue weighted by Crippen LogP contribution is -2.38. The normalized spacial score (nSPS) is 13.4. The molecule has 0 saturated carbocycles. The van der Waals surface area contributed by atoms with Gasteiger partial charge in [0.25, 0.3) is 5.91 Å². The third-order valence-corrected chi connectivity index (χ3v) is 4.12. The first-order chi connectivity index (χ1) is 10.8. The number of carboxylic acid groups (broad SMARTS) is 1. The zero-order valence-corrected chi connectivity index (χ0v) is 13.8. The van der Waals surface area contributed by atoms with E-state index in [2.05, 4.69) is 28.9 Å². The molecule has 2 rings (SSSR count). The lowest BCUT2D eigenvalue weighted by molar-refractivity contribution is -0.138. The molecular formula is C18H22N2O3. The van der Waals surface area contributed by atoms with E-state index >= 15 is 0 Å². The Morgan fingerprint density at radius 3 is 2.30 bits per heavy atom. The van der Waals surface area contributed by atoms with E-state index in [0.29, 0.717) is 5.56 Å². The maximum Gasteiger partial charge on any atom is 0.325 e. The van der Waals surface area contributed by atoms with Crippen LogP contribution in [0.25, 0.3) is 0 Å². The Hall–Kier alpha value is -2.56. The van der Waals surface area contributed by atoms with Gasteiger partial charge in [0, 0.05) is 11.4 Å². The Morgan fingerprint density at radius 2 is 1.74 bits per heavy atom. The van der Waals surface area contributed by atoms with E-state index in [9.17, 15) is 9.59 Å². The molecule has 0 aliphatic carbocycles. The summed E-state index contributed by atoms with van der Waals surface area (Å²) in [4.78, 5) is 23.2. The molecular weight excluding hydrogens is 292 g/mol. The van der Waals surface area contributed by atoms with Crippen LogP contribution in [0.3, 0.4) is 0 Å². The summed E-state index contributed by atoms with van der Waals surface area (Å²) >= 11 is 0. The quantitative estimate of drug-likeness (QED) is 0.891. The Kier molecular flexibility index (Phi) is 4.89. The molecule has 0 radical (unpaired) electrons. The van der Waals surface area contributed by atoms with Crippen LogP contribution in [0.2, 0.25) is 0 Å². The minimum absolute atomic E-state index is 0.0923. The number of carbonyl (C=O) groups is 2. The standard InChI is InChI=1S/C18H22N2O3/c1-11-10-16(17(21)19-12(2)18(22)23)14(4)20(11)13(3)15-8-6-5-7-9-15/h5-10,12-13H,1-4H3,(H,19,21)(H,22,23)/t12-,13?/m0/s1. The van der Waals surface area contributed by atoms with Gasteiger partial charge in [-0.3, -0.25) is 9.59 Å². The van der Waals surface area contributed by atoms with Crippen molar-refractivity contribution in [3.05, 3.63) is 58.9 Å². The summed E-state index contributed by atoms with van der Waals surface area (Å²) in [5.74, 6) is -1.41. The number of nitrogens with zero attached hydrogens (tertiary/aromatic N) is 1. The number of hydrogen-bond acceptors (Lipinski definition) is 2. The van der Waals surface area contributed by atoms with E-state index in [1.165, 1.54) is 6.92 Å². The molecule has 1 unspecified atom stereocenters. The van der Waals surface area contributed by atoms with Gasteiger partial charge < -0.3 is 15.0 Å².